The first kappa shape index (κ1) is 18.4. The lowest BCUT2D eigenvalue weighted by Crippen LogP contribution is -2.11. The minimum absolute atomic E-state index is 0.0402. The second-order valence-electron chi connectivity index (χ2n) is 5.93. The predicted octanol–water partition coefficient (Wildman–Crippen LogP) is 3.20. The molecule has 0 spiro atoms. The van der Waals surface area contributed by atoms with Crippen molar-refractivity contribution in [3.05, 3.63) is 24.0 Å². The Morgan fingerprint density at radius 3 is 2.68 bits per heavy atom. The van der Waals surface area contributed by atoms with Crippen LogP contribution in [0.3, 0.4) is 0 Å². The summed E-state index contributed by atoms with van der Waals surface area (Å²) >= 11 is 0. The van der Waals surface area contributed by atoms with Crippen molar-refractivity contribution in [2.45, 2.75) is 20.8 Å². The number of carboxylic acids is 1. The van der Waals surface area contributed by atoms with Crippen molar-refractivity contribution in [2.75, 3.05) is 13.7 Å². The van der Waals surface area contributed by atoms with Gasteiger partial charge in [-0.05, 0) is 23.4 Å². The molecule has 7 heteroatoms. The zero-order chi connectivity index (χ0) is 18.6. The highest BCUT2D eigenvalue weighted by Crippen LogP contribution is 2.44. The molecule has 0 atom stereocenters. The molecule has 2 aromatic rings. The van der Waals surface area contributed by atoms with E-state index in [4.69, 9.17) is 14.6 Å². The van der Waals surface area contributed by atoms with Crippen LogP contribution in [0.5, 0.6) is 11.5 Å². The predicted molar refractivity (Wildman–Crippen MR) is 97.7 cm³/mol. The number of aromatic hydroxyl groups is 1. The van der Waals surface area contributed by atoms with Crippen molar-refractivity contribution in [2.24, 2.45) is 15.9 Å². The van der Waals surface area contributed by atoms with Crippen LogP contribution in [0.15, 0.2) is 28.3 Å². The van der Waals surface area contributed by atoms with E-state index in [9.17, 15) is 5.11 Å². The second kappa shape index (κ2) is 7.74. The molecule has 2 heterocycles. The summed E-state index contributed by atoms with van der Waals surface area (Å²) in [6.07, 6.45) is 3.40. The quantitative estimate of drug-likeness (QED) is 0.890. The minimum Gasteiger partial charge on any atom is -0.503 e. The van der Waals surface area contributed by atoms with Crippen molar-refractivity contribution < 1.29 is 19.7 Å². The van der Waals surface area contributed by atoms with Gasteiger partial charge in [-0.15, -0.1) is 0 Å². The van der Waals surface area contributed by atoms with Crippen LogP contribution in [0.4, 0.5) is 5.69 Å². The Morgan fingerprint density at radius 1 is 1.40 bits per heavy atom. The number of carbonyl (C=O) groups is 1. The molecule has 2 N–H and O–H groups in total. The van der Waals surface area contributed by atoms with E-state index in [1.165, 1.54) is 7.11 Å². The van der Waals surface area contributed by atoms with Gasteiger partial charge in [0.05, 0.1) is 19.0 Å². The van der Waals surface area contributed by atoms with Gasteiger partial charge in [-0.3, -0.25) is 14.8 Å². The number of aliphatic carboxylic acids is 1. The summed E-state index contributed by atoms with van der Waals surface area (Å²) in [5.74, 6) is 0.0866. The van der Waals surface area contributed by atoms with Gasteiger partial charge < -0.3 is 14.9 Å². The fourth-order valence-corrected chi connectivity index (χ4v) is 2.35. The first-order chi connectivity index (χ1) is 11.8. The van der Waals surface area contributed by atoms with E-state index >= 15 is 0 Å². The lowest BCUT2D eigenvalue weighted by atomic mass is 10.0. The van der Waals surface area contributed by atoms with E-state index in [0.29, 0.717) is 17.4 Å². The third-order valence-corrected chi connectivity index (χ3v) is 3.37. The van der Waals surface area contributed by atoms with Crippen LogP contribution in [-0.4, -0.2) is 46.7 Å². The molecule has 3 rings (SSSR count). The van der Waals surface area contributed by atoms with Gasteiger partial charge in [-0.1, -0.05) is 13.8 Å². The summed E-state index contributed by atoms with van der Waals surface area (Å²) in [7, 11) is 1.53. The van der Waals surface area contributed by atoms with Gasteiger partial charge in [-0.25, -0.2) is 4.99 Å². The number of pyridine rings is 1. The van der Waals surface area contributed by atoms with Gasteiger partial charge in [0.1, 0.15) is 11.4 Å². The lowest BCUT2D eigenvalue weighted by molar-refractivity contribution is -0.134. The molecule has 1 aliphatic rings. The smallest absolute Gasteiger partial charge is 0.300 e. The van der Waals surface area contributed by atoms with Gasteiger partial charge in [0.25, 0.3) is 5.97 Å². The third-order valence-electron chi connectivity index (χ3n) is 3.37. The van der Waals surface area contributed by atoms with E-state index in [1.807, 2.05) is 6.07 Å². The Labute approximate surface area is 145 Å². The largest absolute Gasteiger partial charge is 0.503 e. The molecule has 0 bridgehead atoms. The molecular formula is C18H21N3O4. The molecule has 0 unspecified atom stereocenters. The summed E-state index contributed by atoms with van der Waals surface area (Å²) in [5.41, 5.74) is 2.01. The van der Waals surface area contributed by atoms with E-state index in [1.54, 1.807) is 18.5 Å². The van der Waals surface area contributed by atoms with Gasteiger partial charge in [0, 0.05) is 25.1 Å². The fourth-order valence-electron chi connectivity index (χ4n) is 2.35. The molecule has 0 saturated carbocycles. The fraction of sp³-hybridized carbons (Fsp3) is 0.333. The summed E-state index contributed by atoms with van der Waals surface area (Å²) in [6.45, 7) is 6.03. The van der Waals surface area contributed by atoms with E-state index in [2.05, 4.69) is 28.8 Å². The Balaban J connectivity index is 0.000000511. The van der Waals surface area contributed by atoms with E-state index in [0.717, 1.165) is 35.6 Å². The number of rotatable bonds is 3. The summed E-state index contributed by atoms with van der Waals surface area (Å²) < 4.78 is 5.19. The number of benzene rings is 1. The third kappa shape index (κ3) is 4.12. The second-order valence-corrected chi connectivity index (χ2v) is 5.93. The maximum absolute atomic E-state index is 10.2. The first-order valence-corrected chi connectivity index (χ1v) is 7.82. The first-order valence-electron chi connectivity index (χ1n) is 7.82. The minimum atomic E-state index is -0.833. The van der Waals surface area contributed by atoms with Gasteiger partial charge in [0.15, 0.2) is 11.5 Å². The molecule has 1 aromatic heterocycles. The molecule has 0 aliphatic carbocycles. The standard InChI is InChI=1S/C16H17N3O2.C2H4O2/c1-9(2)7-18-11-8-19-15-13-10(4-5-17-14(11)13)6-12(21-3)16(15)20;1-2(3)4/h4-6,8-9,20H,7H2,1-3H3;1H3,(H,3,4). The Morgan fingerprint density at radius 2 is 2.08 bits per heavy atom. The summed E-state index contributed by atoms with van der Waals surface area (Å²) in [6, 6.07) is 3.67. The maximum atomic E-state index is 10.2. The highest BCUT2D eigenvalue weighted by Gasteiger charge is 2.21. The van der Waals surface area contributed by atoms with Crippen molar-refractivity contribution in [3.63, 3.8) is 0 Å². The van der Waals surface area contributed by atoms with Crippen molar-refractivity contribution in [1.29, 1.82) is 0 Å². The van der Waals surface area contributed by atoms with Crippen molar-refractivity contribution >= 4 is 34.4 Å². The normalized spacial score (nSPS) is 13.7. The Kier molecular flexibility index (Phi) is 5.69. The molecule has 0 amide bonds. The van der Waals surface area contributed by atoms with Crippen molar-refractivity contribution in [1.82, 2.24) is 4.98 Å². The topological polar surface area (TPSA) is 104 Å². The molecule has 1 aliphatic heterocycles. The van der Waals surface area contributed by atoms with Crippen LogP contribution < -0.4 is 4.74 Å². The number of hydrogen-bond acceptors (Lipinski definition) is 6. The summed E-state index contributed by atoms with van der Waals surface area (Å²) in [4.78, 5) is 22.3. The zero-order valence-electron chi connectivity index (χ0n) is 14.6. The number of methoxy groups -OCH3 is 1. The molecule has 0 saturated heterocycles. The number of aromatic nitrogens is 1. The molecule has 25 heavy (non-hydrogen) atoms. The van der Waals surface area contributed by atoms with Crippen molar-refractivity contribution in [3.8, 4) is 11.5 Å². The number of carboxylic acid groups (broad SMARTS) is 1. The highest BCUT2D eigenvalue weighted by atomic mass is 16.5. The van der Waals surface area contributed by atoms with Crippen LogP contribution in [0.25, 0.3) is 10.8 Å². The molecule has 0 fully saturated rings. The maximum Gasteiger partial charge on any atom is 0.300 e. The van der Waals surface area contributed by atoms with E-state index < -0.39 is 5.97 Å². The molecule has 1 aromatic carbocycles. The van der Waals surface area contributed by atoms with Crippen LogP contribution in [-0.2, 0) is 4.79 Å². The monoisotopic (exact) mass is 343 g/mol. The van der Waals surface area contributed by atoms with Crippen LogP contribution in [0.2, 0.25) is 0 Å². The molecule has 132 valence electrons. The average molecular weight is 343 g/mol. The number of ether oxygens (including phenoxy) is 1. The number of phenols is 1. The van der Waals surface area contributed by atoms with Crippen LogP contribution >= 0.6 is 0 Å². The summed E-state index contributed by atoms with van der Waals surface area (Å²) in [5, 5.41) is 19.4. The zero-order valence-corrected chi connectivity index (χ0v) is 14.6. The van der Waals surface area contributed by atoms with Gasteiger partial charge in [0.2, 0.25) is 0 Å². The molecule has 0 radical (unpaired) electrons. The van der Waals surface area contributed by atoms with Gasteiger partial charge in [-0.2, -0.15) is 0 Å². The number of phenolic OH excluding ortho intramolecular Hbond substituents is 1. The Bertz CT molecular complexity index is 853. The SMILES string of the molecule is CC(=O)O.COc1cc2ccnc3c2c(c1O)N=CC3=NCC(C)C. The lowest BCUT2D eigenvalue weighted by Gasteiger charge is -2.16. The van der Waals surface area contributed by atoms with Crippen LogP contribution in [0, 0.1) is 5.92 Å². The number of aliphatic imine (C=N–C) groups is 2. The van der Waals surface area contributed by atoms with Gasteiger partial charge >= 0.3 is 0 Å². The number of hydrogen-bond donors (Lipinski definition) is 2. The number of nitrogens with zero attached hydrogens (tertiary/aromatic N) is 3. The van der Waals surface area contributed by atoms with Crippen LogP contribution in [0.1, 0.15) is 26.5 Å². The Hall–Kier alpha value is -2.96. The molecule has 7 nitrogen and oxygen atoms in total. The molecular weight excluding hydrogens is 322 g/mol. The average Bonchev–Trinajstić information content (AvgIpc) is 2.56. The van der Waals surface area contributed by atoms with E-state index in [-0.39, 0.29) is 5.75 Å². The highest BCUT2D eigenvalue weighted by molar-refractivity contribution is 6.43.